The molecule has 1 aromatic carbocycles. The maximum atomic E-state index is 5.54. The molecule has 0 saturated carbocycles. The number of nitrogens with zero attached hydrogens (tertiary/aromatic N) is 3. The molecular formula is C18H26N4O2. The largest absolute Gasteiger partial charge is 0.496 e. The van der Waals surface area contributed by atoms with Crippen molar-refractivity contribution < 1.29 is 9.26 Å². The Kier molecular flexibility index (Phi) is 4.87. The molecule has 0 radical (unpaired) electrons. The molecule has 6 heteroatoms. The summed E-state index contributed by atoms with van der Waals surface area (Å²) in [4.78, 5) is 6.96. The highest BCUT2D eigenvalue weighted by Gasteiger charge is 2.28. The highest BCUT2D eigenvalue weighted by atomic mass is 16.5. The second-order valence-corrected chi connectivity index (χ2v) is 7.20. The summed E-state index contributed by atoms with van der Waals surface area (Å²) in [6, 6.07) is 8.41. The first-order valence-corrected chi connectivity index (χ1v) is 8.40. The van der Waals surface area contributed by atoms with Crippen molar-refractivity contribution in [1.29, 1.82) is 0 Å². The van der Waals surface area contributed by atoms with E-state index in [1.165, 1.54) is 5.56 Å². The van der Waals surface area contributed by atoms with Gasteiger partial charge in [0.05, 0.1) is 19.7 Å². The van der Waals surface area contributed by atoms with Crippen molar-refractivity contribution in [2.24, 2.45) is 0 Å². The summed E-state index contributed by atoms with van der Waals surface area (Å²) in [6.07, 6.45) is 0. The molecule has 3 rings (SSSR count). The van der Waals surface area contributed by atoms with Gasteiger partial charge < -0.3 is 14.6 Å². The third-order valence-corrected chi connectivity index (χ3v) is 4.31. The molecule has 130 valence electrons. The number of hydrogen-bond acceptors (Lipinski definition) is 6. The molecule has 1 aromatic heterocycles. The number of rotatable bonds is 4. The summed E-state index contributed by atoms with van der Waals surface area (Å²) < 4.78 is 11.0. The zero-order valence-corrected chi connectivity index (χ0v) is 14.9. The van der Waals surface area contributed by atoms with Crippen LogP contribution in [0.2, 0.25) is 0 Å². The van der Waals surface area contributed by atoms with Gasteiger partial charge in [-0.05, 0) is 6.07 Å². The van der Waals surface area contributed by atoms with E-state index in [0.29, 0.717) is 12.4 Å². The molecule has 1 unspecified atom stereocenters. The summed E-state index contributed by atoms with van der Waals surface area (Å²) >= 11 is 0. The van der Waals surface area contributed by atoms with Crippen LogP contribution < -0.4 is 10.1 Å². The van der Waals surface area contributed by atoms with Crippen LogP contribution in [0.4, 0.5) is 0 Å². The number of aromatic nitrogens is 2. The number of methoxy groups -OCH3 is 1. The Morgan fingerprint density at radius 2 is 2.12 bits per heavy atom. The quantitative estimate of drug-likeness (QED) is 0.929. The molecule has 1 fully saturated rings. The van der Waals surface area contributed by atoms with Gasteiger partial charge in [0.15, 0.2) is 5.82 Å². The first-order chi connectivity index (χ1) is 11.5. The number of ether oxygens (including phenoxy) is 1. The molecule has 0 aliphatic carbocycles. The van der Waals surface area contributed by atoms with Crippen molar-refractivity contribution >= 4 is 0 Å². The normalized spacial score (nSPS) is 19.4. The molecule has 1 saturated heterocycles. The van der Waals surface area contributed by atoms with Crippen molar-refractivity contribution in [3.63, 3.8) is 0 Å². The standard InChI is InChI=1S/C18H26N4O2/c1-18(2,3)17-20-16(21-24-17)12-22-10-9-19-11-14(22)13-7-5-6-8-15(13)23-4/h5-8,14,19H,9-12H2,1-4H3. The van der Waals surface area contributed by atoms with E-state index in [0.717, 1.165) is 31.2 Å². The summed E-state index contributed by atoms with van der Waals surface area (Å²) in [7, 11) is 1.72. The van der Waals surface area contributed by atoms with Crippen LogP contribution in [0.5, 0.6) is 5.75 Å². The Hall–Kier alpha value is -1.92. The molecule has 2 heterocycles. The lowest BCUT2D eigenvalue weighted by atomic mass is 9.97. The zero-order chi connectivity index (χ0) is 17.2. The number of nitrogens with one attached hydrogen (secondary N) is 1. The van der Waals surface area contributed by atoms with Gasteiger partial charge in [-0.1, -0.05) is 44.1 Å². The minimum absolute atomic E-state index is 0.128. The van der Waals surface area contributed by atoms with Crippen LogP contribution in [0.25, 0.3) is 0 Å². The molecular weight excluding hydrogens is 304 g/mol. The minimum Gasteiger partial charge on any atom is -0.496 e. The Morgan fingerprint density at radius 1 is 1.33 bits per heavy atom. The minimum atomic E-state index is -0.128. The molecule has 24 heavy (non-hydrogen) atoms. The van der Waals surface area contributed by atoms with Gasteiger partial charge in [0.2, 0.25) is 5.89 Å². The molecule has 0 bridgehead atoms. The highest BCUT2D eigenvalue weighted by Crippen LogP contribution is 2.31. The van der Waals surface area contributed by atoms with Gasteiger partial charge >= 0.3 is 0 Å². The van der Waals surface area contributed by atoms with Crippen molar-refractivity contribution in [1.82, 2.24) is 20.4 Å². The lowest BCUT2D eigenvalue weighted by molar-refractivity contribution is 0.146. The van der Waals surface area contributed by atoms with Gasteiger partial charge in [-0.2, -0.15) is 4.98 Å². The van der Waals surface area contributed by atoms with Crippen LogP contribution in [-0.4, -0.2) is 41.8 Å². The SMILES string of the molecule is COc1ccccc1C1CNCCN1Cc1noc(C(C)(C)C)n1. The van der Waals surface area contributed by atoms with E-state index in [1.54, 1.807) is 7.11 Å². The van der Waals surface area contributed by atoms with E-state index in [-0.39, 0.29) is 11.5 Å². The molecule has 6 nitrogen and oxygen atoms in total. The van der Waals surface area contributed by atoms with E-state index in [1.807, 2.05) is 12.1 Å². The monoisotopic (exact) mass is 330 g/mol. The summed E-state index contributed by atoms with van der Waals surface area (Å²) in [5, 5.41) is 7.64. The van der Waals surface area contributed by atoms with E-state index in [2.05, 4.69) is 53.3 Å². The van der Waals surface area contributed by atoms with Crippen LogP contribution in [0.1, 0.15) is 44.1 Å². The smallest absolute Gasteiger partial charge is 0.232 e. The Labute approximate surface area is 143 Å². The van der Waals surface area contributed by atoms with Gasteiger partial charge in [-0.15, -0.1) is 0 Å². The average Bonchev–Trinajstić information content (AvgIpc) is 3.04. The Bertz CT molecular complexity index is 678. The average molecular weight is 330 g/mol. The van der Waals surface area contributed by atoms with E-state index < -0.39 is 0 Å². The van der Waals surface area contributed by atoms with Gasteiger partial charge in [-0.3, -0.25) is 4.90 Å². The van der Waals surface area contributed by atoms with Crippen LogP contribution in [0.15, 0.2) is 28.8 Å². The van der Waals surface area contributed by atoms with Crippen LogP contribution >= 0.6 is 0 Å². The third kappa shape index (κ3) is 3.60. The predicted molar refractivity (Wildman–Crippen MR) is 92.0 cm³/mol. The molecule has 2 aromatic rings. The highest BCUT2D eigenvalue weighted by molar-refractivity contribution is 5.36. The van der Waals surface area contributed by atoms with Crippen LogP contribution in [0, 0.1) is 0 Å². The molecule has 0 spiro atoms. The predicted octanol–water partition coefficient (Wildman–Crippen LogP) is 2.52. The second-order valence-electron chi connectivity index (χ2n) is 7.20. The van der Waals surface area contributed by atoms with Crippen molar-refractivity contribution in [3.8, 4) is 5.75 Å². The van der Waals surface area contributed by atoms with Crippen molar-refractivity contribution in [2.45, 2.75) is 38.8 Å². The molecule has 1 atom stereocenters. The van der Waals surface area contributed by atoms with E-state index >= 15 is 0 Å². The topological polar surface area (TPSA) is 63.4 Å². The fraction of sp³-hybridized carbons (Fsp3) is 0.556. The van der Waals surface area contributed by atoms with Gasteiger partial charge in [0.1, 0.15) is 5.75 Å². The molecule has 1 aliphatic heterocycles. The first-order valence-electron chi connectivity index (χ1n) is 8.40. The Morgan fingerprint density at radius 3 is 2.83 bits per heavy atom. The molecule has 1 aliphatic rings. The second kappa shape index (κ2) is 6.91. The number of hydrogen-bond donors (Lipinski definition) is 1. The summed E-state index contributed by atoms with van der Waals surface area (Å²) in [5.41, 5.74) is 1.06. The van der Waals surface area contributed by atoms with Crippen molar-refractivity contribution in [3.05, 3.63) is 41.5 Å². The maximum Gasteiger partial charge on any atom is 0.232 e. The summed E-state index contributed by atoms with van der Waals surface area (Å²) in [6.45, 7) is 9.66. The summed E-state index contributed by atoms with van der Waals surface area (Å²) in [5.74, 6) is 2.34. The number of para-hydroxylation sites is 1. The third-order valence-electron chi connectivity index (χ3n) is 4.31. The van der Waals surface area contributed by atoms with Crippen LogP contribution in [0.3, 0.4) is 0 Å². The van der Waals surface area contributed by atoms with E-state index in [9.17, 15) is 0 Å². The fourth-order valence-electron chi connectivity index (χ4n) is 2.99. The van der Waals surface area contributed by atoms with Gasteiger partial charge in [0.25, 0.3) is 0 Å². The first kappa shape index (κ1) is 16.9. The lowest BCUT2D eigenvalue weighted by Crippen LogP contribution is -2.45. The molecule has 0 amide bonds. The Balaban J connectivity index is 1.81. The zero-order valence-electron chi connectivity index (χ0n) is 14.9. The molecule has 1 N–H and O–H groups in total. The number of benzene rings is 1. The number of piperazine rings is 1. The fourth-order valence-corrected chi connectivity index (χ4v) is 2.99. The van der Waals surface area contributed by atoms with Gasteiger partial charge in [-0.25, -0.2) is 0 Å². The van der Waals surface area contributed by atoms with Crippen molar-refractivity contribution in [2.75, 3.05) is 26.7 Å². The lowest BCUT2D eigenvalue weighted by Gasteiger charge is -2.36. The van der Waals surface area contributed by atoms with Crippen LogP contribution in [-0.2, 0) is 12.0 Å². The van der Waals surface area contributed by atoms with Gasteiger partial charge in [0, 0.05) is 30.6 Å². The van der Waals surface area contributed by atoms with E-state index in [4.69, 9.17) is 9.26 Å². The maximum absolute atomic E-state index is 5.54.